The molecule has 0 aliphatic heterocycles. The molecule has 0 bridgehead atoms. The molecule has 0 unspecified atom stereocenters. The van der Waals surface area contributed by atoms with E-state index in [1.807, 2.05) is 65.9 Å². The largest absolute Gasteiger partial charge is 0.485 e. The summed E-state index contributed by atoms with van der Waals surface area (Å²) in [4.78, 5) is 12.8. The van der Waals surface area contributed by atoms with Crippen LogP contribution in [-0.2, 0) is 13.2 Å². The fourth-order valence-corrected chi connectivity index (χ4v) is 3.66. The van der Waals surface area contributed by atoms with Crippen molar-refractivity contribution in [2.24, 2.45) is 0 Å². The zero-order valence-electron chi connectivity index (χ0n) is 15.4. The molecular formula is C22H18N4O2. The highest BCUT2D eigenvalue weighted by Crippen LogP contribution is 2.26. The summed E-state index contributed by atoms with van der Waals surface area (Å²) in [5, 5.41) is 11.4. The van der Waals surface area contributed by atoms with Crippen LogP contribution in [0.3, 0.4) is 0 Å². The Labute approximate surface area is 160 Å². The first-order valence-electron chi connectivity index (χ1n) is 9.24. The van der Waals surface area contributed by atoms with E-state index in [-0.39, 0.29) is 12.2 Å². The molecule has 5 aromatic rings. The molecule has 0 spiro atoms. The van der Waals surface area contributed by atoms with Crippen molar-refractivity contribution in [3.05, 3.63) is 82.9 Å². The normalized spacial score (nSPS) is 11.5. The summed E-state index contributed by atoms with van der Waals surface area (Å²) in [7, 11) is 0. The lowest BCUT2D eigenvalue weighted by Crippen LogP contribution is -2.22. The van der Waals surface area contributed by atoms with E-state index >= 15 is 0 Å². The molecule has 2 aromatic heterocycles. The molecule has 0 saturated heterocycles. The van der Waals surface area contributed by atoms with Gasteiger partial charge in [0.25, 0.3) is 5.56 Å². The Morgan fingerprint density at radius 1 is 0.893 bits per heavy atom. The second-order valence-corrected chi connectivity index (χ2v) is 6.58. The number of benzene rings is 3. The number of ether oxygens (including phenoxy) is 1. The third-order valence-electron chi connectivity index (χ3n) is 5.00. The van der Waals surface area contributed by atoms with Crippen LogP contribution in [0.4, 0.5) is 0 Å². The van der Waals surface area contributed by atoms with Crippen LogP contribution in [-0.4, -0.2) is 19.2 Å². The molecule has 3 aromatic carbocycles. The van der Waals surface area contributed by atoms with Gasteiger partial charge in [-0.25, -0.2) is 0 Å². The topological polar surface area (TPSA) is 61.4 Å². The molecule has 6 nitrogen and oxygen atoms in total. The van der Waals surface area contributed by atoms with Crippen molar-refractivity contribution in [3.63, 3.8) is 0 Å². The zero-order chi connectivity index (χ0) is 19.1. The van der Waals surface area contributed by atoms with Gasteiger partial charge >= 0.3 is 0 Å². The van der Waals surface area contributed by atoms with Crippen LogP contribution in [0.2, 0.25) is 0 Å². The van der Waals surface area contributed by atoms with E-state index in [2.05, 4.69) is 22.3 Å². The van der Waals surface area contributed by atoms with Crippen molar-refractivity contribution in [2.75, 3.05) is 0 Å². The summed E-state index contributed by atoms with van der Waals surface area (Å²) in [5.74, 6) is 1.98. The van der Waals surface area contributed by atoms with Crippen LogP contribution in [0.15, 0.2) is 71.5 Å². The van der Waals surface area contributed by atoms with Gasteiger partial charge in [-0.3, -0.25) is 13.8 Å². The SMILES string of the molecule is CCn1c(=O)c2ccccc2n2c(COc3cccc4ccccc34)nnc12. The van der Waals surface area contributed by atoms with Crippen molar-refractivity contribution in [1.29, 1.82) is 0 Å². The van der Waals surface area contributed by atoms with Gasteiger partial charge in [-0.05, 0) is 30.5 Å². The fraction of sp³-hybridized carbons (Fsp3) is 0.136. The highest BCUT2D eigenvalue weighted by atomic mass is 16.5. The van der Waals surface area contributed by atoms with Crippen molar-refractivity contribution in [1.82, 2.24) is 19.2 Å². The first-order chi connectivity index (χ1) is 13.8. The first kappa shape index (κ1) is 16.5. The Morgan fingerprint density at radius 2 is 1.64 bits per heavy atom. The number of fused-ring (bicyclic) bond motifs is 4. The standard InChI is InChI=1S/C22H18N4O2/c1-2-25-21(27)17-11-5-6-12-18(17)26-20(23-24-22(25)26)14-28-19-13-7-9-15-8-3-4-10-16(15)19/h3-13H,2,14H2,1H3. The van der Waals surface area contributed by atoms with Crippen LogP contribution in [0.5, 0.6) is 5.75 Å². The average Bonchev–Trinajstić information content (AvgIpc) is 3.16. The maximum atomic E-state index is 12.8. The predicted octanol–water partition coefficient (Wildman–Crippen LogP) is 3.80. The van der Waals surface area contributed by atoms with Gasteiger partial charge in [0.05, 0.1) is 10.9 Å². The Kier molecular flexibility index (Phi) is 3.83. The number of rotatable bonds is 4. The summed E-state index contributed by atoms with van der Waals surface area (Å²) in [6.07, 6.45) is 0. The van der Waals surface area contributed by atoms with Crippen molar-refractivity contribution < 1.29 is 4.74 Å². The Hall–Kier alpha value is -3.67. The molecule has 2 heterocycles. The van der Waals surface area contributed by atoms with Gasteiger partial charge < -0.3 is 4.74 Å². The fourth-order valence-electron chi connectivity index (χ4n) is 3.66. The van der Waals surface area contributed by atoms with Crippen molar-refractivity contribution in [2.45, 2.75) is 20.1 Å². The molecule has 0 aliphatic rings. The molecule has 0 N–H and O–H groups in total. The average molecular weight is 370 g/mol. The second-order valence-electron chi connectivity index (χ2n) is 6.58. The third kappa shape index (κ3) is 2.45. The molecule has 0 amide bonds. The minimum atomic E-state index is -0.0560. The van der Waals surface area contributed by atoms with E-state index in [0.717, 1.165) is 22.0 Å². The van der Waals surface area contributed by atoms with E-state index in [1.54, 1.807) is 4.57 Å². The van der Waals surface area contributed by atoms with E-state index in [4.69, 9.17) is 4.74 Å². The molecule has 0 fully saturated rings. The van der Waals surface area contributed by atoms with Crippen LogP contribution >= 0.6 is 0 Å². The summed E-state index contributed by atoms with van der Waals surface area (Å²) in [6.45, 7) is 2.70. The van der Waals surface area contributed by atoms with Crippen molar-refractivity contribution in [3.8, 4) is 5.75 Å². The van der Waals surface area contributed by atoms with Gasteiger partial charge in [-0.15, -0.1) is 10.2 Å². The van der Waals surface area contributed by atoms with E-state index < -0.39 is 0 Å². The summed E-state index contributed by atoms with van der Waals surface area (Å²) in [6, 6.07) is 21.6. The highest BCUT2D eigenvalue weighted by molar-refractivity contribution is 5.88. The van der Waals surface area contributed by atoms with Crippen LogP contribution in [0, 0.1) is 0 Å². The lowest BCUT2D eigenvalue weighted by Gasteiger charge is -2.11. The predicted molar refractivity (Wildman–Crippen MR) is 109 cm³/mol. The molecule has 0 saturated carbocycles. The van der Waals surface area contributed by atoms with Crippen LogP contribution in [0.25, 0.3) is 27.5 Å². The molecule has 0 radical (unpaired) electrons. The number of nitrogens with zero attached hydrogens (tertiary/aromatic N) is 4. The first-order valence-corrected chi connectivity index (χ1v) is 9.24. The van der Waals surface area contributed by atoms with Crippen LogP contribution < -0.4 is 10.3 Å². The number of aryl methyl sites for hydroxylation is 1. The molecule has 6 heteroatoms. The van der Waals surface area contributed by atoms with Gasteiger partial charge in [0.15, 0.2) is 5.82 Å². The third-order valence-corrected chi connectivity index (χ3v) is 5.00. The molecule has 0 aliphatic carbocycles. The minimum absolute atomic E-state index is 0.0560. The quantitative estimate of drug-likeness (QED) is 0.483. The lowest BCUT2D eigenvalue weighted by molar-refractivity contribution is 0.298. The van der Waals surface area contributed by atoms with Gasteiger partial charge in [-0.2, -0.15) is 0 Å². The van der Waals surface area contributed by atoms with E-state index in [0.29, 0.717) is 23.5 Å². The van der Waals surface area contributed by atoms with Gasteiger partial charge in [-0.1, -0.05) is 48.5 Å². The second kappa shape index (κ2) is 6.49. The number of hydrogen-bond donors (Lipinski definition) is 0. The molecule has 0 atom stereocenters. The van der Waals surface area contributed by atoms with Crippen LogP contribution in [0.1, 0.15) is 12.7 Å². The molecular weight excluding hydrogens is 352 g/mol. The van der Waals surface area contributed by atoms with Gasteiger partial charge in [0.2, 0.25) is 5.78 Å². The summed E-state index contributed by atoms with van der Waals surface area (Å²) >= 11 is 0. The number of aromatic nitrogens is 4. The minimum Gasteiger partial charge on any atom is -0.485 e. The summed E-state index contributed by atoms with van der Waals surface area (Å²) < 4.78 is 9.66. The number of hydrogen-bond acceptors (Lipinski definition) is 4. The number of para-hydroxylation sites is 1. The summed E-state index contributed by atoms with van der Waals surface area (Å²) in [5.41, 5.74) is 0.730. The monoisotopic (exact) mass is 370 g/mol. The Balaban J connectivity index is 1.64. The maximum absolute atomic E-state index is 12.8. The van der Waals surface area contributed by atoms with E-state index in [9.17, 15) is 4.79 Å². The lowest BCUT2D eigenvalue weighted by atomic mass is 10.1. The molecule has 5 rings (SSSR count). The maximum Gasteiger partial charge on any atom is 0.262 e. The van der Waals surface area contributed by atoms with Gasteiger partial charge in [0, 0.05) is 11.9 Å². The molecule has 138 valence electrons. The smallest absolute Gasteiger partial charge is 0.262 e. The van der Waals surface area contributed by atoms with Gasteiger partial charge in [0.1, 0.15) is 12.4 Å². The molecule has 28 heavy (non-hydrogen) atoms. The zero-order valence-corrected chi connectivity index (χ0v) is 15.4. The Bertz CT molecular complexity index is 1380. The van der Waals surface area contributed by atoms with E-state index in [1.165, 1.54) is 0 Å². The Morgan fingerprint density at radius 3 is 2.50 bits per heavy atom. The van der Waals surface area contributed by atoms with Crippen molar-refractivity contribution >= 4 is 27.5 Å². The highest BCUT2D eigenvalue weighted by Gasteiger charge is 2.16.